The van der Waals surface area contributed by atoms with Crippen LogP contribution < -0.4 is 5.73 Å². The summed E-state index contributed by atoms with van der Waals surface area (Å²) in [6.45, 7) is 3.89. The molecule has 3 heteroatoms. The average Bonchev–Trinajstić information content (AvgIpc) is 2.82. The number of thiophene rings is 1. The molecule has 0 fully saturated rings. The highest BCUT2D eigenvalue weighted by atomic mass is 32.1. The van der Waals surface area contributed by atoms with Crippen LogP contribution in [0.15, 0.2) is 47.8 Å². The van der Waals surface area contributed by atoms with Gasteiger partial charge in [-0.3, -0.25) is 4.90 Å². The van der Waals surface area contributed by atoms with Gasteiger partial charge in [0.2, 0.25) is 0 Å². The lowest BCUT2D eigenvalue weighted by Crippen LogP contribution is -2.43. The quantitative estimate of drug-likeness (QED) is 0.895. The normalized spacial score (nSPS) is 14.7. The minimum absolute atomic E-state index is 0.312. The van der Waals surface area contributed by atoms with Gasteiger partial charge in [-0.2, -0.15) is 0 Å². The van der Waals surface area contributed by atoms with Crippen LogP contribution in [0.2, 0.25) is 0 Å². The van der Waals surface area contributed by atoms with Crippen LogP contribution in [-0.4, -0.2) is 18.5 Å². The van der Waals surface area contributed by atoms with E-state index in [0.717, 1.165) is 13.1 Å². The van der Waals surface area contributed by atoms with Crippen molar-refractivity contribution in [2.24, 2.45) is 5.73 Å². The van der Waals surface area contributed by atoms with Gasteiger partial charge in [-0.1, -0.05) is 36.4 Å². The summed E-state index contributed by atoms with van der Waals surface area (Å²) in [4.78, 5) is 3.65. The Balaban J connectivity index is 1.99. The molecule has 1 heterocycles. The molecule has 2 nitrogen and oxygen atoms in total. The molecule has 0 saturated heterocycles. The highest BCUT2D eigenvalue weighted by Crippen LogP contribution is 2.20. The molecule has 1 aromatic carbocycles. The maximum absolute atomic E-state index is 6.43. The number of benzene rings is 1. The SMILES string of the molecule is CN(Cc1cccs1)CC(C)(N)c1ccccc1. The molecule has 1 unspecified atom stereocenters. The molecule has 1 atom stereocenters. The number of likely N-dealkylation sites (N-methyl/N-ethyl adjacent to an activating group) is 1. The number of nitrogens with zero attached hydrogens (tertiary/aromatic N) is 1. The molecule has 1 aromatic heterocycles. The Hall–Kier alpha value is -1.16. The van der Waals surface area contributed by atoms with Crippen LogP contribution in [0.3, 0.4) is 0 Å². The van der Waals surface area contributed by atoms with E-state index in [1.54, 1.807) is 11.3 Å². The molecule has 18 heavy (non-hydrogen) atoms. The molecule has 2 aromatic rings. The predicted octanol–water partition coefficient (Wildman–Crippen LogP) is 3.05. The fraction of sp³-hybridized carbons (Fsp3) is 0.333. The third kappa shape index (κ3) is 3.42. The van der Waals surface area contributed by atoms with Gasteiger partial charge in [-0.15, -0.1) is 11.3 Å². The fourth-order valence-electron chi connectivity index (χ4n) is 2.20. The molecule has 0 bridgehead atoms. The number of nitrogens with two attached hydrogens (primary N) is 1. The Bertz CT molecular complexity index is 463. The molecule has 96 valence electrons. The van der Waals surface area contributed by atoms with Crippen LogP contribution in [0.4, 0.5) is 0 Å². The van der Waals surface area contributed by atoms with E-state index in [-0.39, 0.29) is 5.54 Å². The third-order valence-corrected chi connectivity index (χ3v) is 3.90. The molecule has 0 aliphatic carbocycles. The predicted molar refractivity (Wildman–Crippen MR) is 78.6 cm³/mol. The van der Waals surface area contributed by atoms with Crippen molar-refractivity contribution >= 4 is 11.3 Å². The highest BCUT2D eigenvalue weighted by molar-refractivity contribution is 7.09. The Morgan fingerprint density at radius 1 is 1.17 bits per heavy atom. The summed E-state index contributed by atoms with van der Waals surface area (Å²) < 4.78 is 0. The van der Waals surface area contributed by atoms with Crippen molar-refractivity contribution in [3.05, 3.63) is 58.3 Å². The van der Waals surface area contributed by atoms with E-state index in [4.69, 9.17) is 5.73 Å². The van der Waals surface area contributed by atoms with E-state index in [0.29, 0.717) is 0 Å². The van der Waals surface area contributed by atoms with Gasteiger partial charge in [0, 0.05) is 18.0 Å². The lowest BCUT2D eigenvalue weighted by molar-refractivity contribution is 0.254. The summed E-state index contributed by atoms with van der Waals surface area (Å²) in [6, 6.07) is 14.6. The van der Waals surface area contributed by atoms with E-state index in [2.05, 4.69) is 48.5 Å². The van der Waals surface area contributed by atoms with Gasteiger partial charge in [-0.05, 0) is 31.0 Å². The van der Waals surface area contributed by atoms with Crippen molar-refractivity contribution in [3.8, 4) is 0 Å². The number of hydrogen-bond acceptors (Lipinski definition) is 3. The minimum atomic E-state index is -0.312. The molecule has 2 rings (SSSR count). The van der Waals surface area contributed by atoms with Gasteiger partial charge in [-0.25, -0.2) is 0 Å². The zero-order chi connectivity index (χ0) is 13.0. The van der Waals surface area contributed by atoms with Crippen molar-refractivity contribution in [3.63, 3.8) is 0 Å². The Morgan fingerprint density at radius 3 is 2.50 bits per heavy atom. The van der Waals surface area contributed by atoms with E-state index >= 15 is 0 Å². The van der Waals surface area contributed by atoms with Crippen LogP contribution in [0.5, 0.6) is 0 Å². The van der Waals surface area contributed by atoms with Crippen LogP contribution in [0.25, 0.3) is 0 Å². The summed E-state index contributed by atoms with van der Waals surface area (Å²) in [5.41, 5.74) is 7.30. The first kappa shape index (κ1) is 13.3. The molecule has 0 amide bonds. The summed E-state index contributed by atoms with van der Waals surface area (Å²) in [7, 11) is 2.12. The van der Waals surface area contributed by atoms with Gasteiger partial charge in [0.1, 0.15) is 0 Å². The first-order valence-corrected chi connectivity index (χ1v) is 7.01. The second-order valence-corrected chi connectivity index (χ2v) is 6.07. The summed E-state index contributed by atoms with van der Waals surface area (Å²) in [6.07, 6.45) is 0. The summed E-state index contributed by atoms with van der Waals surface area (Å²) in [5.74, 6) is 0. The topological polar surface area (TPSA) is 29.3 Å². The van der Waals surface area contributed by atoms with E-state index < -0.39 is 0 Å². The van der Waals surface area contributed by atoms with Crippen molar-refractivity contribution in [2.45, 2.75) is 19.0 Å². The molecular weight excluding hydrogens is 240 g/mol. The van der Waals surface area contributed by atoms with Crippen molar-refractivity contribution in [2.75, 3.05) is 13.6 Å². The second kappa shape index (κ2) is 5.65. The maximum atomic E-state index is 6.43. The van der Waals surface area contributed by atoms with Crippen molar-refractivity contribution < 1.29 is 0 Å². The van der Waals surface area contributed by atoms with Crippen LogP contribution >= 0.6 is 11.3 Å². The van der Waals surface area contributed by atoms with Crippen LogP contribution in [0, 0.1) is 0 Å². The molecular formula is C15H20N2S. The summed E-state index contributed by atoms with van der Waals surface area (Å²) >= 11 is 1.79. The molecule has 0 spiro atoms. The zero-order valence-corrected chi connectivity index (χ0v) is 11.8. The monoisotopic (exact) mass is 260 g/mol. The maximum Gasteiger partial charge on any atom is 0.0509 e. The van der Waals surface area contributed by atoms with Gasteiger partial charge in [0.15, 0.2) is 0 Å². The first-order chi connectivity index (χ1) is 8.58. The van der Waals surface area contributed by atoms with Crippen LogP contribution in [0.1, 0.15) is 17.4 Å². The molecule has 0 radical (unpaired) electrons. The standard InChI is InChI=1S/C15H20N2S/c1-15(16,13-7-4-3-5-8-13)12-17(2)11-14-9-6-10-18-14/h3-10H,11-12,16H2,1-2H3. The van der Waals surface area contributed by atoms with Crippen LogP contribution in [-0.2, 0) is 12.1 Å². The highest BCUT2D eigenvalue weighted by Gasteiger charge is 2.22. The largest absolute Gasteiger partial charge is 0.321 e. The second-order valence-electron chi connectivity index (χ2n) is 5.04. The van der Waals surface area contributed by atoms with Gasteiger partial charge >= 0.3 is 0 Å². The number of hydrogen-bond donors (Lipinski definition) is 1. The average molecular weight is 260 g/mol. The van der Waals surface area contributed by atoms with Crippen molar-refractivity contribution in [1.82, 2.24) is 4.90 Å². The lowest BCUT2D eigenvalue weighted by Gasteiger charge is -2.30. The van der Waals surface area contributed by atoms with E-state index in [1.807, 2.05) is 18.2 Å². The molecule has 2 N–H and O–H groups in total. The fourth-order valence-corrected chi connectivity index (χ4v) is 2.98. The Labute approximate surface area is 113 Å². The number of rotatable bonds is 5. The van der Waals surface area contributed by atoms with Gasteiger partial charge in [0.25, 0.3) is 0 Å². The van der Waals surface area contributed by atoms with E-state index in [1.165, 1.54) is 10.4 Å². The lowest BCUT2D eigenvalue weighted by atomic mass is 9.93. The van der Waals surface area contributed by atoms with Gasteiger partial charge in [0.05, 0.1) is 5.54 Å². The van der Waals surface area contributed by atoms with Gasteiger partial charge < -0.3 is 5.73 Å². The Morgan fingerprint density at radius 2 is 1.89 bits per heavy atom. The first-order valence-electron chi connectivity index (χ1n) is 6.13. The Kier molecular flexibility index (Phi) is 4.17. The molecule has 0 aliphatic heterocycles. The smallest absolute Gasteiger partial charge is 0.0509 e. The zero-order valence-electron chi connectivity index (χ0n) is 11.0. The molecule has 0 saturated carbocycles. The van der Waals surface area contributed by atoms with Crippen molar-refractivity contribution in [1.29, 1.82) is 0 Å². The summed E-state index contributed by atoms with van der Waals surface area (Å²) in [5, 5.41) is 2.11. The molecule has 0 aliphatic rings. The third-order valence-electron chi connectivity index (χ3n) is 3.04. The minimum Gasteiger partial charge on any atom is -0.321 e. The van der Waals surface area contributed by atoms with E-state index in [9.17, 15) is 0 Å².